The summed E-state index contributed by atoms with van der Waals surface area (Å²) in [6.07, 6.45) is 9.90. The smallest absolute Gasteiger partial charge is 0.123 e. The topological polar surface area (TPSA) is 18.8 Å². The molecule has 0 saturated carbocycles. The van der Waals surface area contributed by atoms with Gasteiger partial charge in [-0.05, 0) is 36.2 Å². The van der Waals surface area contributed by atoms with E-state index in [2.05, 4.69) is 24.0 Å². The van der Waals surface area contributed by atoms with E-state index < -0.39 is 0 Å². The summed E-state index contributed by atoms with van der Waals surface area (Å²) in [7, 11) is 0. The minimum atomic E-state index is -0.219. The molecule has 2 aliphatic heterocycles. The van der Waals surface area contributed by atoms with Crippen molar-refractivity contribution in [1.82, 2.24) is 9.31 Å². The van der Waals surface area contributed by atoms with Crippen LogP contribution in [0.15, 0.2) is 71.1 Å². The number of hydrazone groups is 1. The molecule has 20 heavy (non-hydrogen) atoms. The Hall–Kier alpha value is -2.01. The summed E-state index contributed by atoms with van der Waals surface area (Å²) in [4.78, 5) is 0.987. The van der Waals surface area contributed by atoms with Gasteiger partial charge in [0.1, 0.15) is 5.82 Å². The summed E-state index contributed by atoms with van der Waals surface area (Å²) in [6.45, 7) is 4.44. The zero-order chi connectivity index (χ0) is 13.9. The predicted molar refractivity (Wildman–Crippen MR) is 80.2 cm³/mol. The van der Waals surface area contributed by atoms with Crippen LogP contribution in [-0.2, 0) is 0 Å². The molecule has 102 valence electrons. The number of hydrogen-bond donors (Lipinski definition) is 0. The minimum absolute atomic E-state index is 0.219. The van der Waals surface area contributed by atoms with Gasteiger partial charge in [0.05, 0.1) is 18.2 Å². The second kappa shape index (κ2) is 5.54. The third-order valence-corrected chi connectivity index (χ3v) is 3.95. The molecule has 1 atom stereocenters. The van der Waals surface area contributed by atoms with Crippen LogP contribution >= 0.6 is 11.9 Å². The van der Waals surface area contributed by atoms with E-state index in [1.165, 1.54) is 24.1 Å². The van der Waals surface area contributed by atoms with E-state index in [4.69, 9.17) is 0 Å². The minimum Gasteiger partial charge on any atom is -0.293 e. The van der Waals surface area contributed by atoms with Gasteiger partial charge in [0.2, 0.25) is 0 Å². The van der Waals surface area contributed by atoms with Crippen molar-refractivity contribution in [2.75, 3.05) is 6.54 Å². The van der Waals surface area contributed by atoms with Crippen LogP contribution < -0.4 is 0 Å². The fraction of sp³-hybridized carbons (Fsp3) is 0.133. The first kappa shape index (κ1) is 13.0. The highest BCUT2D eigenvalue weighted by molar-refractivity contribution is 7.97. The van der Waals surface area contributed by atoms with Gasteiger partial charge in [-0.3, -0.25) is 9.31 Å². The van der Waals surface area contributed by atoms with Crippen molar-refractivity contribution < 1.29 is 4.39 Å². The normalized spacial score (nSPS) is 20.1. The highest BCUT2D eigenvalue weighted by atomic mass is 32.2. The molecule has 1 unspecified atom stereocenters. The van der Waals surface area contributed by atoms with Crippen molar-refractivity contribution in [3.8, 4) is 0 Å². The number of allylic oxidation sites excluding steroid dienone is 1. The Balaban J connectivity index is 1.74. The van der Waals surface area contributed by atoms with E-state index in [1.807, 2.05) is 27.8 Å². The number of hydrogen-bond acceptors (Lipinski definition) is 4. The van der Waals surface area contributed by atoms with Gasteiger partial charge in [-0.25, -0.2) is 4.39 Å². The molecule has 0 aliphatic carbocycles. The molecular weight excluding hydrogens is 273 g/mol. The molecule has 1 aromatic carbocycles. The van der Waals surface area contributed by atoms with Crippen molar-refractivity contribution in [3.63, 3.8) is 0 Å². The summed E-state index contributed by atoms with van der Waals surface area (Å²) in [6, 6.07) is 6.47. The number of fused-ring (bicyclic) bond motifs is 1. The Morgan fingerprint density at radius 3 is 2.90 bits per heavy atom. The quantitative estimate of drug-likeness (QED) is 0.623. The van der Waals surface area contributed by atoms with Crippen LogP contribution in [-0.4, -0.2) is 22.1 Å². The molecule has 0 amide bonds. The number of halogens is 1. The Labute approximate surface area is 121 Å². The maximum absolute atomic E-state index is 12.9. The Morgan fingerprint density at radius 1 is 1.35 bits per heavy atom. The first-order valence-electron chi connectivity index (χ1n) is 6.31. The predicted octanol–water partition coefficient (Wildman–Crippen LogP) is 3.61. The van der Waals surface area contributed by atoms with Gasteiger partial charge in [-0.15, -0.1) is 6.58 Å². The maximum atomic E-state index is 12.9. The molecule has 2 aliphatic rings. The largest absolute Gasteiger partial charge is 0.293 e. The SMILES string of the molecule is C=CCN1N=CC2C=CN(Sc3ccc(F)cc3)C=C21. The Bertz CT molecular complexity index is 592. The van der Waals surface area contributed by atoms with Crippen molar-refractivity contribution in [3.05, 3.63) is 66.9 Å². The molecule has 5 heteroatoms. The van der Waals surface area contributed by atoms with Crippen LogP contribution in [0.25, 0.3) is 0 Å². The van der Waals surface area contributed by atoms with Crippen LogP contribution in [0.5, 0.6) is 0 Å². The molecule has 1 aromatic rings. The van der Waals surface area contributed by atoms with Gasteiger partial charge in [0.15, 0.2) is 0 Å². The van der Waals surface area contributed by atoms with Gasteiger partial charge in [0.25, 0.3) is 0 Å². The molecule has 0 spiro atoms. The van der Waals surface area contributed by atoms with Gasteiger partial charge < -0.3 is 0 Å². The second-order valence-electron chi connectivity index (χ2n) is 4.46. The summed E-state index contributed by atoms with van der Waals surface area (Å²) < 4.78 is 14.9. The first-order valence-corrected chi connectivity index (χ1v) is 7.08. The molecule has 0 N–H and O–H groups in total. The van der Waals surface area contributed by atoms with Crippen molar-refractivity contribution in [2.24, 2.45) is 11.0 Å². The zero-order valence-corrected chi connectivity index (χ0v) is 11.6. The molecule has 0 radical (unpaired) electrons. The van der Waals surface area contributed by atoms with Crippen LogP contribution in [0.2, 0.25) is 0 Å². The summed E-state index contributed by atoms with van der Waals surface area (Å²) in [5, 5.41) is 6.29. The maximum Gasteiger partial charge on any atom is 0.123 e. The van der Waals surface area contributed by atoms with Crippen LogP contribution in [0.1, 0.15) is 0 Å². The number of benzene rings is 1. The van der Waals surface area contributed by atoms with Gasteiger partial charge in [0, 0.05) is 23.5 Å². The molecule has 2 heterocycles. The summed E-state index contributed by atoms with van der Waals surface area (Å²) in [5.74, 6) is 0.0170. The highest BCUT2D eigenvalue weighted by Crippen LogP contribution is 2.32. The molecule has 0 bridgehead atoms. The monoisotopic (exact) mass is 287 g/mol. The summed E-state index contributed by atoms with van der Waals surface area (Å²) >= 11 is 1.54. The third kappa shape index (κ3) is 2.63. The molecule has 0 fully saturated rings. The third-order valence-electron chi connectivity index (χ3n) is 3.03. The van der Waals surface area contributed by atoms with Crippen molar-refractivity contribution in [1.29, 1.82) is 0 Å². The lowest BCUT2D eigenvalue weighted by atomic mass is 10.1. The average molecular weight is 287 g/mol. The average Bonchev–Trinajstić information content (AvgIpc) is 2.85. The van der Waals surface area contributed by atoms with Crippen molar-refractivity contribution in [2.45, 2.75) is 4.90 Å². The number of nitrogens with zero attached hydrogens (tertiary/aromatic N) is 3. The lowest BCUT2D eigenvalue weighted by Gasteiger charge is -2.25. The standard InChI is InChI=1S/C15H14FN3S/c1-2-8-19-15-11-18(9-7-12(15)10-17-19)20-14-5-3-13(16)4-6-14/h2-7,9-12H,1,8H2. The fourth-order valence-corrected chi connectivity index (χ4v) is 2.86. The van der Waals surface area contributed by atoms with Crippen molar-refractivity contribution >= 4 is 18.2 Å². The second-order valence-corrected chi connectivity index (χ2v) is 5.54. The van der Waals surface area contributed by atoms with E-state index in [1.54, 1.807) is 12.1 Å². The van der Waals surface area contributed by atoms with Crippen LogP contribution in [0.3, 0.4) is 0 Å². The zero-order valence-electron chi connectivity index (χ0n) is 10.8. The van der Waals surface area contributed by atoms with Crippen LogP contribution in [0.4, 0.5) is 4.39 Å². The number of rotatable bonds is 4. The van der Waals surface area contributed by atoms with Gasteiger partial charge >= 0.3 is 0 Å². The van der Waals surface area contributed by atoms with E-state index >= 15 is 0 Å². The first-order chi connectivity index (χ1) is 9.76. The molecule has 0 saturated heterocycles. The molecule has 0 aromatic heterocycles. The van der Waals surface area contributed by atoms with Crippen LogP contribution in [0, 0.1) is 11.7 Å². The van der Waals surface area contributed by atoms with Gasteiger partial charge in [-0.2, -0.15) is 5.10 Å². The summed E-state index contributed by atoms with van der Waals surface area (Å²) in [5.41, 5.74) is 1.13. The molecule has 3 nitrogen and oxygen atoms in total. The highest BCUT2D eigenvalue weighted by Gasteiger charge is 2.25. The Kier molecular flexibility index (Phi) is 3.60. The lowest BCUT2D eigenvalue weighted by Crippen LogP contribution is -2.20. The molecule has 3 rings (SSSR count). The van der Waals surface area contributed by atoms with E-state index in [0.29, 0.717) is 6.54 Å². The van der Waals surface area contributed by atoms with E-state index in [0.717, 1.165) is 10.6 Å². The van der Waals surface area contributed by atoms with E-state index in [9.17, 15) is 4.39 Å². The van der Waals surface area contributed by atoms with Gasteiger partial charge in [-0.1, -0.05) is 12.2 Å². The molecular formula is C15H14FN3S. The Morgan fingerprint density at radius 2 is 2.15 bits per heavy atom. The van der Waals surface area contributed by atoms with E-state index in [-0.39, 0.29) is 11.7 Å². The fourth-order valence-electron chi connectivity index (χ4n) is 2.07. The lowest BCUT2D eigenvalue weighted by molar-refractivity contribution is 0.402.